The third-order valence-electron chi connectivity index (χ3n) is 4.17. The van der Waals surface area contributed by atoms with Crippen LogP contribution in [0.5, 0.6) is 0 Å². The molecule has 7 heteroatoms. The summed E-state index contributed by atoms with van der Waals surface area (Å²) in [4.78, 5) is 6.50. The van der Waals surface area contributed by atoms with Gasteiger partial charge in [0.25, 0.3) is 5.95 Å². The number of nitrogens with zero attached hydrogens (tertiary/aromatic N) is 7. The van der Waals surface area contributed by atoms with Crippen LogP contribution in [0.4, 0.5) is 5.95 Å². The Morgan fingerprint density at radius 2 is 1.69 bits per heavy atom. The van der Waals surface area contributed by atoms with Gasteiger partial charge in [0.05, 0.1) is 12.2 Å². The summed E-state index contributed by atoms with van der Waals surface area (Å²) >= 11 is 0. The minimum atomic E-state index is 0.604. The molecule has 130 valence electrons. The smallest absolute Gasteiger partial charge is 0.250 e. The average Bonchev–Trinajstić information content (AvgIpc) is 3.33. The summed E-state index contributed by atoms with van der Waals surface area (Å²) in [7, 11) is 1.96. The van der Waals surface area contributed by atoms with Crippen molar-refractivity contribution in [2.45, 2.75) is 13.1 Å². The van der Waals surface area contributed by atoms with Gasteiger partial charge in [-0.05, 0) is 28.1 Å². The Hall–Kier alpha value is -3.48. The minimum Gasteiger partial charge on any atom is -0.335 e. The first-order valence-electron chi connectivity index (χ1n) is 8.40. The molecule has 2 heterocycles. The lowest BCUT2D eigenvalue weighted by Crippen LogP contribution is -2.23. The van der Waals surface area contributed by atoms with Crippen LogP contribution in [0.25, 0.3) is 5.69 Å². The van der Waals surface area contributed by atoms with Gasteiger partial charge in [-0.1, -0.05) is 53.6 Å². The van der Waals surface area contributed by atoms with E-state index in [0.717, 1.165) is 18.1 Å². The monoisotopic (exact) mass is 345 g/mol. The van der Waals surface area contributed by atoms with Crippen LogP contribution in [0, 0.1) is 0 Å². The fourth-order valence-electron chi connectivity index (χ4n) is 2.86. The molecule has 0 amide bonds. The summed E-state index contributed by atoms with van der Waals surface area (Å²) in [5.41, 5.74) is 2.16. The minimum absolute atomic E-state index is 0.604. The first-order chi connectivity index (χ1) is 12.8. The second-order valence-corrected chi connectivity index (χ2v) is 6.04. The van der Waals surface area contributed by atoms with Crippen molar-refractivity contribution in [2.24, 2.45) is 0 Å². The van der Waals surface area contributed by atoms with E-state index in [1.54, 1.807) is 4.68 Å². The van der Waals surface area contributed by atoms with Crippen LogP contribution in [-0.2, 0) is 13.1 Å². The third-order valence-corrected chi connectivity index (χ3v) is 4.17. The van der Waals surface area contributed by atoms with Crippen LogP contribution >= 0.6 is 0 Å². The predicted octanol–water partition coefficient (Wildman–Crippen LogP) is 2.54. The van der Waals surface area contributed by atoms with Crippen LogP contribution in [0.2, 0.25) is 0 Å². The van der Waals surface area contributed by atoms with Gasteiger partial charge in [0.1, 0.15) is 5.82 Å². The number of tetrazole rings is 1. The van der Waals surface area contributed by atoms with Crippen molar-refractivity contribution in [1.82, 2.24) is 29.8 Å². The Bertz CT molecular complexity index is 960. The number of benzene rings is 2. The molecule has 0 aliphatic heterocycles. The van der Waals surface area contributed by atoms with Crippen molar-refractivity contribution < 1.29 is 0 Å². The van der Waals surface area contributed by atoms with E-state index in [4.69, 9.17) is 0 Å². The highest BCUT2D eigenvalue weighted by molar-refractivity contribution is 5.40. The van der Waals surface area contributed by atoms with Crippen LogP contribution in [-0.4, -0.2) is 36.8 Å². The normalized spacial score (nSPS) is 10.8. The molecule has 2 aromatic heterocycles. The molecule has 0 unspecified atom stereocenters. The highest BCUT2D eigenvalue weighted by Crippen LogP contribution is 2.16. The van der Waals surface area contributed by atoms with Crippen molar-refractivity contribution >= 4 is 5.95 Å². The molecule has 0 radical (unpaired) electrons. The maximum Gasteiger partial charge on any atom is 0.250 e. The van der Waals surface area contributed by atoms with Crippen LogP contribution < -0.4 is 4.90 Å². The van der Waals surface area contributed by atoms with Gasteiger partial charge in [0.2, 0.25) is 0 Å². The van der Waals surface area contributed by atoms with Gasteiger partial charge in [-0.2, -0.15) is 4.68 Å². The van der Waals surface area contributed by atoms with E-state index < -0.39 is 0 Å². The number of anilines is 1. The molecule has 26 heavy (non-hydrogen) atoms. The van der Waals surface area contributed by atoms with Crippen molar-refractivity contribution in [3.8, 4) is 5.69 Å². The Balaban J connectivity index is 1.54. The summed E-state index contributed by atoms with van der Waals surface area (Å²) in [6.45, 7) is 1.39. The lowest BCUT2D eigenvalue weighted by Gasteiger charge is -2.18. The zero-order chi connectivity index (χ0) is 17.8. The molecule has 7 nitrogen and oxygen atoms in total. The zero-order valence-corrected chi connectivity index (χ0v) is 14.5. The fraction of sp³-hybridized carbons (Fsp3) is 0.158. The molecule has 0 fully saturated rings. The molecule has 0 aliphatic rings. The van der Waals surface area contributed by atoms with Gasteiger partial charge >= 0.3 is 0 Å². The number of para-hydroxylation sites is 1. The highest BCUT2D eigenvalue weighted by Gasteiger charge is 2.15. The molecule has 0 N–H and O–H groups in total. The van der Waals surface area contributed by atoms with Crippen molar-refractivity contribution in [3.05, 3.63) is 84.4 Å². The standard InChI is InChI=1S/C19H19N7/c1-24(19-21-22-23-26(19)17-10-6-3-7-11-17)15-18-20-12-13-25(18)14-16-8-4-2-5-9-16/h2-13H,14-15H2,1H3. The van der Waals surface area contributed by atoms with E-state index in [9.17, 15) is 0 Å². The van der Waals surface area contributed by atoms with Crippen LogP contribution in [0.15, 0.2) is 73.1 Å². The van der Waals surface area contributed by atoms with Crippen molar-refractivity contribution in [2.75, 3.05) is 11.9 Å². The fourth-order valence-corrected chi connectivity index (χ4v) is 2.86. The topological polar surface area (TPSA) is 64.7 Å². The Morgan fingerprint density at radius 3 is 2.46 bits per heavy atom. The van der Waals surface area contributed by atoms with Gasteiger partial charge < -0.3 is 9.47 Å². The molecule has 4 rings (SSSR count). The van der Waals surface area contributed by atoms with E-state index in [1.165, 1.54) is 5.56 Å². The maximum atomic E-state index is 4.51. The molecular formula is C19H19N7. The molecule has 0 saturated carbocycles. The van der Waals surface area contributed by atoms with Crippen LogP contribution in [0.3, 0.4) is 0 Å². The van der Waals surface area contributed by atoms with Crippen molar-refractivity contribution in [3.63, 3.8) is 0 Å². The van der Waals surface area contributed by atoms with Gasteiger partial charge in [-0.15, -0.1) is 0 Å². The number of imidazole rings is 1. The number of aromatic nitrogens is 6. The molecule has 0 saturated heterocycles. The summed E-state index contributed by atoms with van der Waals surface area (Å²) in [6.07, 6.45) is 3.82. The molecular weight excluding hydrogens is 326 g/mol. The second-order valence-electron chi connectivity index (χ2n) is 6.04. The highest BCUT2D eigenvalue weighted by atomic mass is 15.6. The maximum absolute atomic E-state index is 4.51. The molecule has 0 atom stereocenters. The SMILES string of the molecule is CN(Cc1nccn1Cc1ccccc1)c1nnnn1-c1ccccc1. The average molecular weight is 345 g/mol. The number of hydrogen-bond donors (Lipinski definition) is 0. The molecule has 0 spiro atoms. The van der Waals surface area contributed by atoms with Gasteiger partial charge in [-0.25, -0.2) is 4.98 Å². The first-order valence-corrected chi connectivity index (χ1v) is 8.40. The molecule has 2 aromatic carbocycles. The lowest BCUT2D eigenvalue weighted by atomic mass is 10.2. The van der Waals surface area contributed by atoms with Gasteiger partial charge in [-0.3, -0.25) is 0 Å². The van der Waals surface area contributed by atoms with E-state index in [1.807, 2.05) is 72.9 Å². The third kappa shape index (κ3) is 3.32. The summed E-state index contributed by atoms with van der Waals surface area (Å²) in [6, 6.07) is 20.2. The molecule has 0 aliphatic carbocycles. The summed E-state index contributed by atoms with van der Waals surface area (Å²) in [5.74, 6) is 1.63. The van der Waals surface area contributed by atoms with E-state index >= 15 is 0 Å². The van der Waals surface area contributed by atoms with Gasteiger partial charge in [0.15, 0.2) is 0 Å². The number of hydrogen-bond acceptors (Lipinski definition) is 5. The summed E-state index contributed by atoms with van der Waals surface area (Å²) in [5, 5.41) is 12.1. The predicted molar refractivity (Wildman–Crippen MR) is 99.0 cm³/mol. The number of rotatable bonds is 6. The Kier molecular flexibility index (Phi) is 4.42. The largest absolute Gasteiger partial charge is 0.335 e. The lowest BCUT2D eigenvalue weighted by molar-refractivity contribution is 0.692. The Morgan fingerprint density at radius 1 is 0.962 bits per heavy atom. The van der Waals surface area contributed by atoms with E-state index in [0.29, 0.717) is 12.5 Å². The Labute approximate surface area is 151 Å². The van der Waals surface area contributed by atoms with E-state index in [-0.39, 0.29) is 0 Å². The molecule has 4 aromatic rings. The van der Waals surface area contributed by atoms with Crippen LogP contribution in [0.1, 0.15) is 11.4 Å². The molecule has 0 bridgehead atoms. The summed E-state index contributed by atoms with van der Waals surface area (Å²) < 4.78 is 3.87. The van der Waals surface area contributed by atoms with Gasteiger partial charge in [0, 0.05) is 26.0 Å². The quantitative estimate of drug-likeness (QED) is 0.537. The first kappa shape index (κ1) is 16.0. The van der Waals surface area contributed by atoms with Crippen molar-refractivity contribution in [1.29, 1.82) is 0 Å². The zero-order valence-electron chi connectivity index (χ0n) is 14.5. The van der Waals surface area contributed by atoms with E-state index in [2.05, 4.69) is 37.2 Å². The second kappa shape index (κ2) is 7.18.